The van der Waals surface area contributed by atoms with Crippen molar-refractivity contribution in [1.82, 2.24) is 10.2 Å². The molecule has 2 saturated heterocycles. The molecular formula is C16H21N3O. The molecule has 0 aromatic heterocycles. The number of piperidine rings is 1. The number of benzene rings is 1. The Morgan fingerprint density at radius 1 is 1.30 bits per heavy atom. The minimum absolute atomic E-state index is 0.216. The lowest BCUT2D eigenvalue weighted by Gasteiger charge is -2.36. The summed E-state index contributed by atoms with van der Waals surface area (Å²) in [4.78, 5) is 14.3. The van der Waals surface area contributed by atoms with Crippen molar-refractivity contribution in [2.75, 3.05) is 25.0 Å². The zero-order valence-electron chi connectivity index (χ0n) is 11.7. The van der Waals surface area contributed by atoms with Crippen LogP contribution < -0.4 is 10.6 Å². The molecule has 3 heterocycles. The highest BCUT2D eigenvalue weighted by molar-refractivity contribution is 5.82. The molecule has 4 heteroatoms. The van der Waals surface area contributed by atoms with Gasteiger partial charge in [0.15, 0.2) is 0 Å². The topological polar surface area (TPSA) is 44.4 Å². The van der Waals surface area contributed by atoms with Crippen molar-refractivity contribution < 1.29 is 4.79 Å². The molecule has 0 bridgehead atoms. The quantitative estimate of drug-likeness (QED) is 0.854. The van der Waals surface area contributed by atoms with Crippen LogP contribution in [0.5, 0.6) is 0 Å². The van der Waals surface area contributed by atoms with E-state index in [9.17, 15) is 4.79 Å². The fourth-order valence-corrected chi connectivity index (χ4v) is 4.00. The summed E-state index contributed by atoms with van der Waals surface area (Å²) in [6, 6.07) is 7.01. The molecule has 2 N–H and O–H groups in total. The van der Waals surface area contributed by atoms with Gasteiger partial charge in [0.25, 0.3) is 0 Å². The Hall–Kier alpha value is -1.55. The predicted octanol–water partition coefficient (Wildman–Crippen LogP) is 1.36. The molecule has 0 spiro atoms. The molecule has 0 saturated carbocycles. The smallest absolute Gasteiger partial charge is 0.224 e. The number of nitrogens with zero attached hydrogens (tertiary/aromatic N) is 1. The van der Waals surface area contributed by atoms with E-state index in [-0.39, 0.29) is 11.8 Å². The second kappa shape index (κ2) is 4.77. The minimum Gasteiger partial charge on any atom is -0.384 e. The molecule has 2 atom stereocenters. The normalized spacial score (nSPS) is 28.7. The first-order valence-corrected chi connectivity index (χ1v) is 7.69. The van der Waals surface area contributed by atoms with Gasteiger partial charge < -0.3 is 10.6 Å². The van der Waals surface area contributed by atoms with E-state index in [1.165, 1.54) is 16.8 Å². The first-order chi connectivity index (χ1) is 9.83. The molecule has 0 aliphatic carbocycles. The molecule has 4 nitrogen and oxygen atoms in total. The van der Waals surface area contributed by atoms with Crippen LogP contribution in [0.3, 0.4) is 0 Å². The summed E-state index contributed by atoms with van der Waals surface area (Å²) in [5.41, 5.74) is 4.17. The maximum atomic E-state index is 11.8. The van der Waals surface area contributed by atoms with Gasteiger partial charge in [-0.25, -0.2) is 0 Å². The highest BCUT2D eigenvalue weighted by Gasteiger charge is 2.40. The van der Waals surface area contributed by atoms with E-state index >= 15 is 0 Å². The van der Waals surface area contributed by atoms with Crippen LogP contribution in [0, 0.1) is 5.92 Å². The lowest BCUT2D eigenvalue weighted by atomic mass is 9.91. The van der Waals surface area contributed by atoms with Crippen molar-refractivity contribution >= 4 is 11.6 Å². The van der Waals surface area contributed by atoms with Gasteiger partial charge in [-0.3, -0.25) is 9.69 Å². The van der Waals surface area contributed by atoms with Gasteiger partial charge in [0.1, 0.15) is 0 Å². The lowest BCUT2D eigenvalue weighted by molar-refractivity contribution is -0.124. The van der Waals surface area contributed by atoms with Crippen LogP contribution in [0.2, 0.25) is 0 Å². The molecule has 4 rings (SSSR count). The van der Waals surface area contributed by atoms with Gasteiger partial charge in [-0.15, -0.1) is 0 Å². The molecule has 20 heavy (non-hydrogen) atoms. The highest BCUT2D eigenvalue weighted by atomic mass is 16.2. The van der Waals surface area contributed by atoms with Crippen LogP contribution in [0.1, 0.15) is 24.0 Å². The predicted molar refractivity (Wildman–Crippen MR) is 78.6 cm³/mol. The van der Waals surface area contributed by atoms with Gasteiger partial charge in [-0.05, 0) is 36.9 Å². The summed E-state index contributed by atoms with van der Waals surface area (Å²) in [6.07, 6.45) is 3.32. The molecule has 2 unspecified atom stereocenters. The second-order valence-electron chi connectivity index (χ2n) is 6.16. The Morgan fingerprint density at radius 3 is 3.20 bits per heavy atom. The second-order valence-corrected chi connectivity index (χ2v) is 6.16. The van der Waals surface area contributed by atoms with Gasteiger partial charge in [0, 0.05) is 31.4 Å². The number of hydrogen-bond acceptors (Lipinski definition) is 3. The Kier molecular flexibility index (Phi) is 2.91. The van der Waals surface area contributed by atoms with Crippen molar-refractivity contribution in [2.24, 2.45) is 5.92 Å². The Bertz CT molecular complexity index is 543. The van der Waals surface area contributed by atoms with Crippen molar-refractivity contribution in [3.8, 4) is 0 Å². The van der Waals surface area contributed by atoms with E-state index in [1.807, 2.05) is 0 Å². The standard InChI is InChI=1S/C16H21N3O/c20-16-13-5-2-8-19(14(13)9-18-16)10-12-4-1-3-11-6-7-17-15(11)12/h1,3-4,13-14,17H,2,5-10H2,(H,18,20). The SMILES string of the molecule is O=C1NCC2C1CCCN2Cc1cccc2c1NCC2. The third-order valence-corrected chi connectivity index (χ3v) is 5.02. The van der Waals surface area contributed by atoms with Crippen LogP contribution in [0.15, 0.2) is 18.2 Å². The number of rotatable bonds is 2. The Morgan fingerprint density at radius 2 is 2.25 bits per heavy atom. The van der Waals surface area contributed by atoms with E-state index < -0.39 is 0 Å². The highest BCUT2D eigenvalue weighted by Crippen LogP contribution is 2.32. The van der Waals surface area contributed by atoms with Crippen molar-refractivity contribution in [3.63, 3.8) is 0 Å². The van der Waals surface area contributed by atoms with Crippen molar-refractivity contribution in [1.29, 1.82) is 0 Å². The average Bonchev–Trinajstić information content (AvgIpc) is 3.08. The van der Waals surface area contributed by atoms with E-state index in [1.54, 1.807) is 0 Å². The summed E-state index contributed by atoms with van der Waals surface area (Å²) in [6.45, 7) is 3.95. The average molecular weight is 271 g/mol. The number of carbonyl (C=O) groups excluding carboxylic acids is 1. The third-order valence-electron chi connectivity index (χ3n) is 5.02. The summed E-state index contributed by atoms with van der Waals surface area (Å²) < 4.78 is 0. The van der Waals surface area contributed by atoms with Crippen molar-refractivity contribution in [2.45, 2.75) is 31.8 Å². The number of nitrogens with one attached hydrogen (secondary N) is 2. The minimum atomic E-state index is 0.216. The molecule has 1 aromatic rings. The van der Waals surface area contributed by atoms with Gasteiger partial charge >= 0.3 is 0 Å². The number of anilines is 1. The van der Waals surface area contributed by atoms with Crippen LogP contribution in [0.4, 0.5) is 5.69 Å². The van der Waals surface area contributed by atoms with Crippen LogP contribution >= 0.6 is 0 Å². The van der Waals surface area contributed by atoms with E-state index in [4.69, 9.17) is 0 Å². The molecule has 1 amide bonds. The number of fused-ring (bicyclic) bond motifs is 2. The molecule has 0 radical (unpaired) electrons. The maximum Gasteiger partial charge on any atom is 0.224 e. The van der Waals surface area contributed by atoms with Crippen LogP contribution in [0.25, 0.3) is 0 Å². The molecule has 1 aromatic carbocycles. The largest absolute Gasteiger partial charge is 0.384 e. The maximum absolute atomic E-state index is 11.8. The van der Waals surface area contributed by atoms with E-state index in [2.05, 4.69) is 33.7 Å². The van der Waals surface area contributed by atoms with Crippen molar-refractivity contribution in [3.05, 3.63) is 29.3 Å². The lowest BCUT2D eigenvalue weighted by Crippen LogP contribution is -2.44. The van der Waals surface area contributed by atoms with Gasteiger partial charge in [0.2, 0.25) is 5.91 Å². The zero-order chi connectivity index (χ0) is 13.5. The number of carbonyl (C=O) groups is 1. The summed E-state index contributed by atoms with van der Waals surface area (Å²) in [7, 11) is 0. The Balaban J connectivity index is 1.57. The number of likely N-dealkylation sites (tertiary alicyclic amines) is 1. The van der Waals surface area contributed by atoms with Gasteiger partial charge in [0.05, 0.1) is 5.92 Å². The number of amides is 1. The fraction of sp³-hybridized carbons (Fsp3) is 0.562. The monoisotopic (exact) mass is 271 g/mol. The zero-order valence-corrected chi connectivity index (χ0v) is 11.7. The first kappa shape index (κ1) is 12.2. The Labute approximate surface area is 119 Å². The molecular weight excluding hydrogens is 250 g/mol. The summed E-state index contributed by atoms with van der Waals surface area (Å²) in [5.74, 6) is 0.476. The number of hydrogen-bond donors (Lipinski definition) is 2. The summed E-state index contributed by atoms with van der Waals surface area (Å²) >= 11 is 0. The third kappa shape index (κ3) is 1.90. The molecule has 2 fully saturated rings. The molecule has 106 valence electrons. The fourth-order valence-electron chi connectivity index (χ4n) is 4.00. The molecule has 3 aliphatic rings. The van der Waals surface area contributed by atoms with E-state index in [0.29, 0.717) is 6.04 Å². The van der Waals surface area contributed by atoms with Gasteiger partial charge in [-0.1, -0.05) is 18.2 Å². The van der Waals surface area contributed by atoms with Crippen LogP contribution in [-0.2, 0) is 17.8 Å². The molecule has 3 aliphatic heterocycles. The summed E-state index contributed by atoms with van der Waals surface area (Å²) in [5, 5.41) is 6.55. The first-order valence-electron chi connectivity index (χ1n) is 7.69. The number of para-hydroxylation sites is 1. The van der Waals surface area contributed by atoms with Gasteiger partial charge in [-0.2, -0.15) is 0 Å². The van der Waals surface area contributed by atoms with Crippen LogP contribution in [-0.4, -0.2) is 36.5 Å². The van der Waals surface area contributed by atoms with E-state index in [0.717, 1.165) is 45.4 Å².